The Balaban J connectivity index is 2.06. The molecule has 0 radical (unpaired) electrons. The fourth-order valence-corrected chi connectivity index (χ4v) is 2.18. The Bertz CT molecular complexity index is 349. The van der Waals surface area contributed by atoms with E-state index in [1.165, 1.54) is 0 Å². The molecule has 4 nitrogen and oxygen atoms in total. The summed E-state index contributed by atoms with van der Waals surface area (Å²) in [6.45, 7) is 4.96. The van der Waals surface area contributed by atoms with E-state index in [9.17, 15) is 4.79 Å². The van der Waals surface area contributed by atoms with E-state index in [0.29, 0.717) is 12.3 Å². The lowest BCUT2D eigenvalue weighted by Crippen LogP contribution is -2.27. The highest BCUT2D eigenvalue weighted by molar-refractivity contribution is 7.99. The van der Waals surface area contributed by atoms with Crippen molar-refractivity contribution in [1.82, 2.24) is 15.1 Å². The number of rotatable bonds is 7. The quantitative estimate of drug-likeness (QED) is 0.599. The van der Waals surface area contributed by atoms with Gasteiger partial charge in [-0.25, -0.2) is 0 Å². The second-order valence-corrected chi connectivity index (χ2v) is 5.67. The molecule has 0 saturated heterocycles. The predicted molar refractivity (Wildman–Crippen MR) is 71.0 cm³/mol. The van der Waals surface area contributed by atoms with Gasteiger partial charge in [-0.1, -0.05) is 13.8 Å². The molecule has 0 aliphatic rings. The number of aromatic nitrogens is 2. The average molecular weight is 255 g/mol. The Labute approximate surface area is 107 Å². The zero-order valence-electron chi connectivity index (χ0n) is 10.8. The highest BCUT2D eigenvalue weighted by Gasteiger charge is 2.03. The molecule has 1 rings (SSSR count). The smallest absolute Gasteiger partial charge is 0.220 e. The topological polar surface area (TPSA) is 46.9 Å². The van der Waals surface area contributed by atoms with E-state index in [-0.39, 0.29) is 5.91 Å². The summed E-state index contributed by atoms with van der Waals surface area (Å²) in [7, 11) is 1.91. The maximum Gasteiger partial charge on any atom is 0.220 e. The monoisotopic (exact) mass is 255 g/mol. The van der Waals surface area contributed by atoms with Gasteiger partial charge in [-0.2, -0.15) is 5.10 Å². The maximum absolute atomic E-state index is 11.4. The molecule has 17 heavy (non-hydrogen) atoms. The third kappa shape index (κ3) is 6.36. The minimum atomic E-state index is 0.158. The van der Waals surface area contributed by atoms with Crippen molar-refractivity contribution >= 4 is 17.7 Å². The van der Waals surface area contributed by atoms with Crippen LogP contribution in [0.2, 0.25) is 0 Å². The standard InChI is InChI=1S/C12H21N3OS/c1-10(2)7-13-12(16)5-4-6-17-11-8-14-15(3)9-11/h8-10H,4-7H2,1-3H3,(H,13,16). The third-order valence-electron chi connectivity index (χ3n) is 2.21. The largest absolute Gasteiger partial charge is 0.356 e. The van der Waals surface area contributed by atoms with Crippen molar-refractivity contribution in [2.75, 3.05) is 12.3 Å². The normalized spacial score (nSPS) is 10.8. The molecule has 5 heteroatoms. The number of aryl methyl sites for hydroxylation is 1. The summed E-state index contributed by atoms with van der Waals surface area (Å²) < 4.78 is 1.79. The Hall–Kier alpha value is -0.970. The van der Waals surface area contributed by atoms with Crippen LogP contribution in [0.1, 0.15) is 26.7 Å². The lowest BCUT2D eigenvalue weighted by Gasteiger charge is -2.06. The molecule has 0 atom stereocenters. The van der Waals surface area contributed by atoms with Gasteiger partial charge in [-0.3, -0.25) is 9.48 Å². The summed E-state index contributed by atoms with van der Waals surface area (Å²) in [5, 5.41) is 7.02. The fraction of sp³-hybridized carbons (Fsp3) is 0.667. The lowest BCUT2D eigenvalue weighted by atomic mass is 10.2. The van der Waals surface area contributed by atoms with Crippen LogP contribution in [0.25, 0.3) is 0 Å². The van der Waals surface area contributed by atoms with Crippen LogP contribution in [0.3, 0.4) is 0 Å². The minimum Gasteiger partial charge on any atom is -0.356 e. The van der Waals surface area contributed by atoms with Gasteiger partial charge < -0.3 is 5.32 Å². The summed E-state index contributed by atoms with van der Waals surface area (Å²) in [6, 6.07) is 0. The molecular weight excluding hydrogens is 234 g/mol. The summed E-state index contributed by atoms with van der Waals surface area (Å²) in [5.41, 5.74) is 0. The van der Waals surface area contributed by atoms with Crippen LogP contribution in [0, 0.1) is 5.92 Å². The van der Waals surface area contributed by atoms with Crippen molar-refractivity contribution in [3.63, 3.8) is 0 Å². The third-order valence-corrected chi connectivity index (χ3v) is 3.24. The number of thioether (sulfide) groups is 1. The van der Waals surface area contributed by atoms with Crippen molar-refractivity contribution in [3.05, 3.63) is 12.4 Å². The average Bonchev–Trinajstić information content (AvgIpc) is 2.68. The van der Waals surface area contributed by atoms with Crippen molar-refractivity contribution in [2.24, 2.45) is 13.0 Å². The number of carbonyl (C=O) groups is 1. The van der Waals surface area contributed by atoms with E-state index in [2.05, 4.69) is 24.3 Å². The number of hydrogen-bond donors (Lipinski definition) is 1. The second-order valence-electron chi connectivity index (χ2n) is 4.50. The Kier molecular flexibility index (Phi) is 6.11. The van der Waals surface area contributed by atoms with Gasteiger partial charge in [0.25, 0.3) is 0 Å². The maximum atomic E-state index is 11.4. The highest BCUT2D eigenvalue weighted by Crippen LogP contribution is 2.17. The van der Waals surface area contributed by atoms with E-state index in [1.54, 1.807) is 16.4 Å². The first-order valence-corrected chi connectivity index (χ1v) is 6.94. The van der Waals surface area contributed by atoms with Gasteiger partial charge >= 0.3 is 0 Å². The van der Waals surface area contributed by atoms with Crippen LogP contribution in [0.5, 0.6) is 0 Å². The van der Waals surface area contributed by atoms with Gasteiger partial charge in [0.05, 0.1) is 6.20 Å². The SMILES string of the molecule is CC(C)CNC(=O)CCCSc1cnn(C)c1. The molecule has 0 aliphatic heterocycles. The molecule has 0 aliphatic carbocycles. The first kappa shape index (κ1) is 14.1. The van der Waals surface area contributed by atoms with Crippen molar-refractivity contribution in [2.45, 2.75) is 31.6 Å². The Morgan fingerprint density at radius 3 is 2.94 bits per heavy atom. The Morgan fingerprint density at radius 1 is 1.59 bits per heavy atom. The zero-order valence-corrected chi connectivity index (χ0v) is 11.6. The molecule has 0 fully saturated rings. The first-order chi connectivity index (χ1) is 8.08. The molecule has 1 heterocycles. The molecule has 0 saturated carbocycles. The first-order valence-electron chi connectivity index (χ1n) is 5.96. The van der Waals surface area contributed by atoms with Crippen LogP contribution < -0.4 is 5.32 Å². The minimum absolute atomic E-state index is 0.158. The number of hydrogen-bond acceptors (Lipinski definition) is 3. The van der Waals surface area contributed by atoms with Gasteiger partial charge in [-0.05, 0) is 18.1 Å². The van der Waals surface area contributed by atoms with Crippen molar-refractivity contribution in [3.8, 4) is 0 Å². The van der Waals surface area contributed by atoms with Crippen LogP contribution in [-0.2, 0) is 11.8 Å². The van der Waals surface area contributed by atoms with Gasteiger partial charge in [0.15, 0.2) is 0 Å². The summed E-state index contributed by atoms with van der Waals surface area (Å²) in [5.74, 6) is 1.63. The molecular formula is C12H21N3OS. The van der Waals surface area contributed by atoms with E-state index in [4.69, 9.17) is 0 Å². The molecule has 1 aromatic rings. The van der Waals surface area contributed by atoms with Crippen LogP contribution in [-0.4, -0.2) is 28.0 Å². The number of carbonyl (C=O) groups excluding carboxylic acids is 1. The van der Waals surface area contributed by atoms with Gasteiger partial charge in [0.2, 0.25) is 5.91 Å². The molecule has 0 spiro atoms. The number of nitrogens with one attached hydrogen (secondary N) is 1. The zero-order chi connectivity index (χ0) is 12.7. The van der Waals surface area contributed by atoms with Crippen LogP contribution >= 0.6 is 11.8 Å². The molecule has 96 valence electrons. The molecule has 0 unspecified atom stereocenters. The fourth-order valence-electron chi connectivity index (χ4n) is 1.30. The van der Waals surface area contributed by atoms with Crippen molar-refractivity contribution in [1.29, 1.82) is 0 Å². The van der Waals surface area contributed by atoms with E-state index >= 15 is 0 Å². The number of amides is 1. The summed E-state index contributed by atoms with van der Waals surface area (Å²) >= 11 is 1.74. The van der Waals surface area contributed by atoms with E-state index in [1.807, 2.05) is 19.4 Å². The van der Waals surface area contributed by atoms with Gasteiger partial charge in [0.1, 0.15) is 0 Å². The molecule has 0 bridgehead atoms. The Morgan fingerprint density at radius 2 is 2.35 bits per heavy atom. The molecule has 0 aromatic carbocycles. The summed E-state index contributed by atoms with van der Waals surface area (Å²) in [4.78, 5) is 12.6. The highest BCUT2D eigenvalue weighted by atomic mass is 32.2. The van der Waals surface area contributed by atoms with Gasteiger partial charge in [-0.15, -0.1) is 11.8 Å². The van der Waals surface area contributed by atoms with Gasteiger partial charge in [0, 0.05) is 31.1 Å². The number of nitrogens with zero attached hydrogens (tertiary/aromatic N) is 2. The van der Waals surface area contributed by atoms with Crippen molar-refractivity contribution < 1.29 is 4.79 Å². The van der Waals surface area contributed by atoms with Crippen LogP contribution in [0.15, 0.2) is 17.3 Å². The van der Waals surface area contributed by atoms with E-state index in [0.717, 1.165) is 23.6 Å². The molecule has 1 amide bonds. The lowest BCUT2D eigenvalue weighted by molar-refractivity contribution is -0.121. The van der Waals surface area contributed by atoms with Crippen LogP contribution in [0.4, 0.5) is 0 Å². The predicted octanol–water partition coefficient (Wildman–Crippen LogP) is 2.06. The molecule has 1 N–H and O–H groups in total. The summed E-state index contributed by atoms with van der Waals surface area (Å²) in [6.07, 6.45) is 5.36. The molecule has 1 aromatic heterocycles. The van der Waals surface area contributed by atoms with E-state index < -0.39 is 0 Å². The second kappa shape index (κ2) is 7.37.